The van der Waals surface area contributed by atoms with E-state index >= 15 is 0 Å². The fourth-order valence-electron chi connectivity index (χ4n) is 1.72. The molecule has 1 aromatic carbocycles. The lowest BCUT2D eigenvalue weighted by molar-refractivity contribution is -0.116. The van der Waals surface area contributed by atoms with Crippen molar-refractivity contribution in [1.29, 1.82) is 0 Å². The first-order valence-corrected chi connectivity index (χ1v) is 6.85. The highest BCUT2D eigenvalue weighted by Gasteiger charge is 2.22. The van der Waals surface area contributed by atoms with E-state index in [1.807, 2.05) is 25.8 Å². The van der Waals surface area contributed by atoms with Crippen molar-refractivity contribution >= 4 is 17.3 Å². The molecule has 1 amide bonds. The van der Waals surface area contributed by atoms with E-state index < -0.39 is 0 Å². The average molecular weight is 295 g/mol. The van der Waals surface area contributed by atoms with E-state index in [-0.39, 0.29) is 18.1 Å². The number of nitrogens with two attached hydrogens (primary N) is 1. The molecular formula is C15H25N3O3. The summed E-state index contributed by atoms with van der Waals surface area (Å²) in [7, 11) is 3.41. The Kier molecular flexibility index (Phi) is 5.99. The summed E-state index contributed by atoms with van der Waals surface area (Å²) in [6.07, 6.45) is 0.327. The van der Waals surface area contributed by atoms with Crippen molar-refractivity contribution in [2.24, 2.45) is 0 Å². The number of amides is 1. The lowest BCUT2D eigenvalue weighted by Crippen LogP contribution is -2.45. The number of rotatable bonds is 7. The molecule has 0 aliphatic heterocycles. The van der Waals surface area contributed by atoms with Gasteiger partial charge in [-0.15, -0.1) is 0 Å². The van der Waals surface area contributed by atoms with Crippen LogP contribution in [0.3, 0.4) is 0 Å². The van der Waals surface area contributed by atoms with E-state index in [1.54, 1.807) is 18.2 Å². The molecule has 6 nitrogen and oxygen atoms in total. The molecule has 6 heteroatoms. The normalized spacial score (nSPS) is 11.5. The van der Waals surface area contributed by atoms with E-state index in [1.165, 1.54) is 7.11 Å². The first kappa shape index (κ1) is 17.3. The lowest BCUT2D eigenvalue weighted by atomic mass is 10.1. The molecule has 0 unspecified atom stereocenters. The number of hydrogen-bond acceptors (Lipinski definition) is 5. The number of anilines is 2. The van der Waals surface area contributed by atoms with E-state index in [9.17, 15) is 9.90 Å². The third-order valence-electron chi connectivity index (χ3n) is 3.59. The van der Waals surface area contributed by atoms with Crippen LogP contribution in [0, 0.1) is 0 Å². The monoisotopic (exact) mass is 295 g/mol. The van der Waals surface area contributed by atoms with Gasteiger partial charge in [0, 0.05) is 30.3 Å². The summed E-state index contributed by atoms with van der Waals surface area (Å²) < 4.78 is 5.19. The van der Waals surface area contributed by atoms with Crippen LogP contribution in [0.2, 0.25) is 0 Å². The van der Waals surface area contributed by atoms with Crippen molar-refractivity contribution in [3.63, 3.8) is 0 Å². The number of benzene rings is 1. The summed E-state index contributed by atoms with van der Waals surface area (Å²) in [4.78, 5) is 13.9. The number of carbonyl (C=O) groups excluding carboxylic acids is 1. The summed E-state index contributed by atoms with van der Waals surface area (Å²) in [6.45, 7) is 4.44. The van der Waals surface area contributed by atoms with Crippen molar-refractivity contribution in [3.8, 4) is 5.75 Å². The van der Waals surface area contributed by atoms with Crippen LogP contribution < -0.4 is 15.8 Å². The Labute approximate surface area is 125 Å². The highest BCUT2D eigenvalue weighted by atomic mass is 16.5. The van der Waals surface area contributed by atoms with Gasteiger partial charge in [0.15, 0.2) is 0 Å². The Balaban J connectivity index is 2.59. The fourth-order valence-corrected chi connectivity index (χ4v) is 1.72. The van der Waals surface area contributed by atoms with Gasteiger partial charge >= 0.3 is 0 Å². The molecule has 1 rings (SSSR count). The molecule has 0 aliphatic rings. The van der Waals surface area contributed by atoms with Crippen molar-refractivity contribution in [1.82, 2.24) is 4.90 Å². The maximum absolute atomic E-state index is 12.0. The topological polar surface area (TPSA) is 87.8 Å². The first-order valence-electron chi connectivity index (χ1n) is 6.85. The molecule has 0 atom stereocenters. The number of hydrogen-bond donors (Lipinski definition) is 3. The average Bonchev–Trinajstić information content (AvgIpc) is 2.46. The van der Waals surface area contributed by atoms with Crippen LogP contribution in [0.25, 0.3) is 0 Å². The zero-order valence-electron chi connectivity index (χ0n) is 13.1. The molecule has 0 aromatic heterocycles. The SMILES string of the molecule is COc1cc(N)ccc1NC(=O)CCN(C)C(C)(C)CO. The Morgan fingerprint density at radius 1 is 1.48 bits per heavy atom. The maximum Gasteiger partial charge on any atom is 0.225 e. The van der Waals surface area contributed by atoms with E-state index in [4.69, 9.17) is 10.5 Å². The van der Waals surface area contributed by atoms with Crippen LogP contribution in [0.4, 0.5) is 11.4 Å². The van der Waals surface area contributed by atoms with Crippen LogP contribution in [0.1, 0.15) is 20.3 Å². The van der Waals surface area contributed by atoms with Gasteiger partial charge in [0.25, 0.3) is 0 Å². The van der Waals surface area contributed by atoms with Crippen LogP contribution in [-0.2, 0) is 4.79 Å². The van der Waals surface area contributed by atoms with E-state index in [0.29, 0.717) is 30.1 Å². The van der Waals surface area contributed by atoms with Gasteiger partial charge in [0.2, 0.25) is 5.91 Å². The highest BCUT2D eigenvalue weighted by Crippen LogP contribution is 2.26. The van der Waals surface area contributed by atoms with Gasteiger partial charge in [-0.2, -0.15) is 0 Å². The number of carbonyl (C=O) groups is 1. The molecular weight excluding hydrogens is 270 g/mol. The first-order chi connectivity index (χ1) is 9.80. The van der Waals surface area contributed by atoms with Crippen molar-refractivity contribution in [2.45, 2.75) is 25.8 Å². The van der Waals surface area contributed by atoms with Crippen molar-refractivity contribution in [2.75, 3.05) is 38.4 Å². The number of likely N-dealkylation sites (N-methyl/N-ethyl adjacent to an activating group) is 1. The number of aliphatic hydroxyl groups excluding tert-OH is 1. The molecule has 118 valence electrons. The minimum absolute atomic E-state index is 0.0386. The molecule has 0 heterocycles. The van der Waals surface area contributed by atoms with Gasteiger partial charge in [-0.1, -0.05) is 0 Å². The van der Waals surface area contributed by atoms with Gasteiger partial charge in [-0.25, -0.2) is 0 Å². The van der Waals surface area contributed by atoms with Gasteiger partial charge in [-0.05, 0) is 33.0 Å². The third kappa shape index (κ3) is 4.91. The van der Waals surface area contributed by atoms with Crippen molar-refractivity contribution in [3.05, 3.63) is 18.2 Å². The fraction of sp³-hybridized carbons (Fsp3) is 0.533. The van der Waals surface area contributed by atoms with E-state index in [2.05, 4.69) is 5.32 Å². The predicted octanol–water partition coefficient (Wildman–Crippen LogP) is 1.31. The molecule has 0 fully saturated rings. The molecule has 0 aliphatic carbocycles. The quantitative estimate of drug-likeness (QED) is 0.660. The van der Waals surface area contributed by atoms with Gasteiger partial charge < -0.3 is 20.9 Å². The Bertz CT molecular complexity index is 489. The number of nitrogens with zero attached hydrogens (tertiary/aromatic N) is 1. The van der Waals surface area contributed by atoms with E-state index in [0.717, 1.165) is 0 Å². The predicted molar refractivity (Wildman–Crippen MR) is 84.4 cm³/mol. The molecule has 0 spiro atoms. The molecule has 1 aromatic rings. The Morgan fingerprint density at radius 3 is 2.71 bits per heavy atom. The molecule has 21 heavy (non-hydrogen) atoms. The standard InChI is InChI=1S/C15H25N3O3/c1-15(2,10-19)18(3)8-7-14(20)17-12-6-5-11(16)9-13(12)21-4/h5-6,9,19H,7-8,10,16H2,1-4H3,(H,17,20). The van der Waals surface area contributed by atoms with Gasteiger partial charge in [0.1, 0.15) is 5.75 Å². The number of methoxy groups -OCH3 is 1. The number of ether oxygens (including phenoxy) is 1. The molecule has 0 radical (unpaired) electrons. The minimum atomic E-state index is -0.348. The third-order valence-corrected chi connectivity index (χ3v) is 3.59. The molecule has 0 bridgehead atoms. The van der Waals surface area contributed by atoms with Crippen molar-refractivity contribution < 1.29 is 14.6 Å². The van der Waals surface area contributed by atoms with Gasteiger partial charge in [-0.3, -0.25) is 9.69 Å². The van der Waals surface area contributed by atoms with Crippen LogP contribution >= 0.6 is 0 Å². The lowest BCUT2D eigenvalue weighted by Gasteiger charge is -2.33. The minimum Gasteiger partial charge on any atom is -0.494 e. The Hall–Kier alpha value is -1.79. The summed E-state index contributed by atoms with van der Waals surface area (Å²) >= 11 is 0. The molecule has 0 saturated carbocycles. The second-order valence-corrected chi connectivity index (χ2v) is 5.65. The zero-order valence-corrected chi connectivity index (χ0v) is 13.1. The highest BCUT2D eigenvalue weighted by molar-refractivity contribution is 5.92. The Morgan fingerprint density at radius 2 is 2.14 bits per heavy atom. The number of nitrogen functional groups attached to an aromatic ring is 1. The second-order valence-electron chi connectivity index (χ2n) is 5.65. The molecule has 4 N–H and O–H groups in total. The summed E-state index contributed by atoms with van der Waals surface area (Å²) in [5.74, 6) is 0.422. The molecule has 0 saturated heterocycles. The van der Waals surface area contributed by atoms with Crippen LogP contribution in [0.5, 0.6) is 5.75 Å². The zero-order chi connectivity index (χ0) is 16.0. The summed E-state index contributed by atoms with van der Waals surface area (Å²) in [5.41, 5.74) is 6.50. The summed E-state index contributed by atoms with van der Waals surface area (Å²) in [5, 5.41) is 12.1. The second kappa shape index (κ2) is 7.28. The van der Waals surface area contributed by atoms with Gasteiger partial charge in [0.05, 0.1) is 19.4 Å². The summed E-state index contributed by atoms with van der Waals surface area (Å²) in [6, 6.07) is 5.09. The smallest absolute Gasteiger partial charge is 0.225 e. The number of aliphatic hydroxyl groups is 1. The maximum atomic E-state index is 12.0. The number of nitrogens with one attached hydrogen (secondary N) is 1. The van der Waals surface area contributed by atoms with Crippen LogP contribution in [-0.4, -0.2) is 48.8 Å². The van der Waals surface area contributed by atoms with Crippen LogP contribution in [0.15, 0.2) is 18.2 Å². The largest absolute Gasteiger partial charge is 0.494 e.